The highest BCUT2D eigenvalue weighted by Gasteiger charge is 2.16. The highest BCUT2D eigenvalue weighted by Crippen LogP contribution is 2.28. The third kappa shape index (κ3) is 2.59. The maximum atomic E-state index is 13.6. The Hall–Kier alpha value is -2.43. The molecule has 0 fully saturated rings. The average Bonchev–Trinajstić information content (AvgIpc) is 2.88. The Morgan fingerprint density at radius 2 is 1.81 bits per heavy atom. The molecule has 2 aromatic carbocycles. The van der Waals surface area contributed by atoms with E-state index < -0.39 is 23.5 Å². The summed E-state index contributed by atoms with van der Waals surface area (Å²) in [5, 5.41) is 3.63. The Morgan fingerprint density at radius 1 is 1.05 bits per heavy atom. The van der Waals surface area contributed by atoms with Gasteiger partial charge >= 0.3 is 0 Å². The maximum absolute atomic E-state index is 13.6. The fourth-order valence-corrected chi connectivity index (χ4v) is 2.18. The molecule has 21 heavy (non-hydrogen) atoms. The average molecular weight is 291 g/mol. The second-order valence-electron chi connectivity index (χ2n) is 4.80. The van der Waals surface area contributed by atoms with Crippen LogP contribution < -0.4 is 5.32 Å². The molecule has 1 aromatic heterocycles. The van der Waals surface area contributed by atoms with Gasteiger partial charge in [0.1, 0.15) is 17.2 Å². The van der Waals surface area contributed by atoms with Crippen molar-refractivity contribution >= 4 is 16.7 Å². The van der Waals surface area contributed by atoms with E-state index in [2.05, 4.69) is 5.32 Å². The summed E-state index contributed by atoms with van der Waals surface area (Å²) in [4.78, 5) is 0. The van der Waals surface area contributed by atoms with Crippen LogP contribution in [0.25, 0.3) is 11.0 Å². The lowest BCUT2D eigenvalue weighted by atomic mass is 10.2. The maximum Gasteiger partial charge on any atom is 0.182 e. The minimum atomic E-state index is -1.23. The van der Waals surface area contributed by atoms with Crippen molar-refractivity contribution in [1.29, 1.82) is 0 Å². The van der Waals surface area contributed by atoms with Gasteiger partial charge in [0.05, 0.1) is 11.7 Å². The van der Waals surface area contributed by atoms with Crippen LogP contribution in [0, 0.1) is 17.5 Å². The molecule has 1 heterocycles. The van der Waals surface area contributed by atoms with Crippen LogP contribution >= 0.6 is 0 Å². The predicted octanol–water partition coefficient (Wildman–Crippen LogP) is 5.02. The van der Waals surface area contributed by atoms with E-state index in [4.69, 9.17) is 4.42 Å². The molecular formula is C16H12F3NO. The van der Waals surface area contributed by atoms with Gasteiger partial charge in [0, 0.05) is 17.5 Å². The number of hydrogen-bond donors (Lipinski definition) is 1. The minimum Gasteiger partial charge on any atom is -0.459 e. The monoisotopic (exact) mass is 291 g/mol. The molecule has 0 bridgehead atoms. The van der Waals surface area contributed by atoms with Gasteiger partial charge in [-0.15, -0.1) is 0 Å². The van der Waals surface area contributed by atoms with Crippen molar-refractivity contribution in [3.05, 3.63) is 65.7 Å². The zero-order chi connectivity index (χ0) is 15.0. The molecule has 2 nitrogen and oxygen atoms in total. The summed E-state index contributed by atoms with van der Waals surface area (Å²) >= 11 is 0. The normalized spacial score (nSPS) is 12.6. The van der Waals surface area contributed by atoms with Crippen LogP contribution in [0.2, 0.25) is 0 Å². The summed E-state index contributed by atoms with van der Waals surface area (Å²) in [7, 11) is 0. The summed E-state index contributed by atoms with van der Waals surface area (Å²) in [6, 6.07) is 10.2. The van der Waals surface area contributed by atoms with Crippen molar-refractivity contribution in [3.63, 3.8) is 0 Å². The molecule has 1 atom stereocenters. The topological polar surface area (TPSA) is 25.2 Å². The number of nitrogens with one attached hydrogen (secondary N) is 1. The van der Waals surface area contributed by atoms with Gasteiger partial charge in [-0.2, -0.15) is 0 Å². The zero-order valence-electron chi connectivity index (χ0n) is 11.2. The Bertz CT molecular complexity index is 764. The first-order valence-electron chi connectivity index (χ1n) is 6.44. The van der Waals surface area contributed by atoms with Gasteiger partial charge in [-0.3, -0.25) is 0 Å². The largest absolute Gasteiger partial charge is 0.459 e. The highest BCUT2D eigenvalue weighted by molar-refractivity contribution is 5.77. The smallest absolute Gasteiger partial charge is 0.182 e. The molecule has 3 rings (SSSR count). The molecule has 0 saturated heterocycles. The molecule has 0 saturated carbocycles. The summed E-state index contributed by atoms with van der Waals surface area (Å²) in [5.74, 6) is -2.62. The van der Waals surface area contributed by atoms with Crippen LogP contribution in [0.4, 0.5) is 18.9 Å². The number of para-hydroxylation sites is 1. The Kier molecular flexibility index (Phi) is 3.33. The van der Waals surface area contributed by atoms with Crippen molar-refractivity contribution in [2.75, 3.05) is 5.32 Å². The van der Waals surface area contributed by atoms with Crippen LogP contribution in [0.3, 0.4) is 0 Å². The Morgan fingerprint density at radius 3 is 2.57 bits per heavy atom. The van der Waals surface area contributed by atoms with Crippen LogP contribution in [0.15, 0.2) is 46.9 Å². The quantitative estimate of drug-likeness (QED) is 0.685. The first-order chi connectivity index (χ1) is 10.0. The summed E-state index contributed by atoms with van der Waals surface area (Å²) in [5.41, 5.74) is 0.465. The molecule has 0 aliphatic carbocycles. The van der Waals surface area contributed by atoms with Gasteiger partial charge in [-0.05, 0) is 19.1 Å². The molecule has 108 valence electrons. The third-order valence-electron chi connectivity index (χ3n) is 3.24. The number of anilines is 1. The predicted molar refractivity (Wildman–Crippen MR) is 74.6 cm³/mol. The van der Waals surface area contributed by atoms with E-state index in [0.717, 1.165) is 11.5 Å². The molecule has 0 radical (unpaired) electrons. The van der Waals surface area contributed by atoms with Crippen molar-refractivity contribution < 1.29 is 17.6 Å². The second-order valence-corrected chi connectivity index (χ2v) is 4.80. The van der Waals surface area contributed by atoms with E-state index >= 15 is 0 Å². The lowest BCUT2D eigenvalue weighted by Gasteiger charge is -2.13. The molecule has 3 aromatic rings. The zero-order valence-corrected chi connectivity index (χ0v) is 11.2. The first kappa shape index (κ1) is 13.5. The first-order valence-corrected chi connectivity index (χ1v) is 6.44. The SMILES string of the molecule is CC(Nc1cc(F)cc(F)c1F)c1cc2ccccc2o1. The lowest BCUT2D eigenvalue weighted by molar-refractivity contribution is 0.492. The van der Waals surface area contributed by atoms with Crippen LogP contribution in [0.1, 0.15) is 18.7 Å². The molecule has 1 unspecified atom stereocenters. The van der Waals surface area contributed by atoms with E-state index in [1.54, 1.807) is 13.0 Å². The number of hydrogen-bond acceptors (Lipinski definition) is 2. The van der Waals surface area contributed by atoms with Gasteiger partial charge in [-0.1, -0.05) is 18.2 Å². The van der Waals surface area contributed by atoms with Crippen molar-refractivity contribution in [2.24, 2.45) is 0 Å². The van der Waals surface area contributed by atoms with E-state index in [-0.39, 0.29) is 5.69 Å². The summed E-state index contributed by atoms with van der Waals surface area (Å²) in [6.45, 7) is 1.72. The van der Waals surface area contributed by atoms with Gasteiger partial charge in [0.25, 0.3) is 0 Å². The molecular weight excluding hydrogens is 279 g/mol. The Balaban J connectivity index is 1.91. The molecule has 0 spiro atoms. The molecule has 0 amide bonds. The number of benzene rings is 2. The van der Waals surface area contributed by atoms with E-state index in [1.807, 2.05) is 24.3 Å². The molecule has 0 aliphatic rings. The van der Waals surface area contributed by atoms with Gasteiger partial charge in [0.15, 0.2) is 11.6 Å². The number of rotatable bonds is 3. The van der Waals surface area contributed by atoms with Gasteiger partial charge < -0.3 is 9.73 Å². The van der Waals surface area contributed by atoms with Crippen LogP contribution in [-0.4, -0.2) is 0 Å². The second kappa shape index (κ2) is 5.16. The highest BCUT2D eigenvalue weighted by atomic mass is 19.2. The van der Waals surface area contributed by atoms with Gasteiger partial charge in [0.2, 0.25) is 0 Å². The van der Waals surface area contributed by atoms with E-state index in [9.17, 15) is 13.2 Å². The van der Waals surface area contributed by atoms with Crippen LogP contribution in [0.5, 0.6) is 0 Å². The standard InChI is InChI=1S/C16H12F3NO/c1-9(15-6-10-4-2-3-5-14(10)21-15)20-13-8-11(17)7-12(18)16(13)19/h2-9,20H,1H3. The number of furan rings is 1. The number of halogens is 3. The molecule has 5 heteroatoms. The fourth-order valence-electron chi connectivity index (χ4n) is 2.18. The molecule has 0 aliphatic heterocycles. The summed E-state index contributed by atoms with van der Waals surface area (Å²) in [6.07, 6.45) is 0. The summed E-state index contributed by atoms with van der Waals surface area (Å²) < 4.78 is 45.6. The molecule has 1 N–H and O–H groups in total. The minimum absolute atomic E-state index is 0.236. The van der Waals surface area contributed by atoms with Gasteiger partial charge in [-0.25, -0.2) is 13.2 Å². The van der Waals surface area contributed by atoms with Crippen molar-refractivity contribution in [1.82, 2.24) is 0 Å². The third-order valence-corrected chi connectivity index (χ3v) is 3.24. The fraction of sp³-hybridized carbons (Fsp3) is 0.125. The van der Waals surface area contributed by atoms with Crippen LogP contribution in [-0.2, 0) is 0 Å². The van der Waals surface area contributed by atoms with Crippen molar-refractivity contribution in [3.8, 4) is 0 Å². The lowest BCUT2D eigenvalue weighted by Crippen LogP contribution is -2.08. The number of fused-ring (bicyclic) bond motifs is 1. The van der Waals surface area contributed by atoms with E-state index in [0.29, 0.717) is 17.4 Å². The van der Waals surface area contributed by atoms with E-state index in [1.165, 1.54) is 0 Å². The van der Waals surface area contributed by atoms with Crippen molar-refractivity contribution in [2.45, 2.75) is 13.0 Å². The Labute approximate surface area is 119 Å².